The molecule has 1 fully saturated rings. The van der Waals surface area contributed by atoms with E-state index >= 15 is 0 Å². The Hall–Kier alpha value is -0.340. The van der Waals surface area contributed by atoms with Gasteiger partial charge in [0.15, 0.2) is 0 Å². The van der Waals surface area contributed by atoms with Gasteiger partial charge in [0.25, 0.3) is 0 Å². The Morgan fingerprint density at radius 3 is 2.33 bits per heavy atom. The first kappa shape index (κ1) is 15.7. The molecule has 0 amide bonds. The molecule has 0 saturated carbocycles. The minimum atomic E-state index is 0.666. The van der Waals surface area contributed by atoms with Crippen molar-refractivity contribution in [2.45, 2.75) is 66.0 Å². The molecule has 1 saturated heterocycles. The monoisotopic (exact) mass is 252 g/mol. The van der Waals surface area contributed by atoms with Gasteiger partial charge in [-0.3, -0.25) is 4.90 Å². The number of likely N-dealkylation sites (tertiary alicyclic amines) is 1. The van der Waals surface area contributed by atoms with Gasteiger partial charge in [-0.05, 0) is 59.0 Å². The quantitative estimate of drug-likeness (QED) is 0.729. The lowest BCUT2D eigenvalue weighted by atomic mass is 10.0. The van der Waals surface area contributed by atoms with Gasteiger partial charge in [0.05, 0.1) is 0 Å². The first-order valence-electron chi connectivity index (χ1n) is 7.59. The summed E-state index contributed by atoms with van der Waals surface area (Å²) >= 11 is 0. The third-order valence-corrected chi connectivity index (χ3v) is 3.69. The molecule has 1 aliphatic heterocycles. The summed E-state index contributed by atoms with van der Waals surface area (Å²) in [4.78, 5) is 2.57. The van der Waals surface area contributed by atoms with Crippen LogP contribution >= 0.6 is 0 Å². The summed E-state index contributed by atoms with van der Waals surface area (Å²) in [5.74, 6) is 0.797. The molecule has 1 atom stereocenters. The average Bonchev–Trinajstić information content (AvgIpc) is 2.26. The first-order chi connectivity index (χ1) is 8.47. The van der Waals surface area contributed by atoms with Crippen LogP contribution in [0.3, 0.4) is 0 Å². The highest BCUT2D eigenvalue weighted by atomic mass is 15.1. The van der Waals surface area contributed by atoms with E-state index in [0.29, 0.717) is 6.04 Å². The molecule has 0 aromatic carbocycles. The zero-order chi connectivity index (χ0) is 13.5. The summed E-state index contributed by atoms with van der Waals surface area (Å²) in [6.07, 6.45) is 6.24. The average molecular weight is 252 g/mol. The SMILES string of the molecule is CC(C)=CCN1CCC(NC(C)CC(C)C)CC1. The molecule has 1 unspecified atom stereocenters. The minimum absolute atomic E-state index is 0.666. The highest BCUT2D eigenvalue weighted by molar-refractivity contribution is 4.95. The molecule has 0 aromatic rings. The number of hydrogen-bond donors (Lipinski definition) is 1. The molecular weight excluding hydrogens is 220 g/mol. The van der Waals surface area contributed by atoms with Crippen molar-refractivity contribution in [3.8, 4) is 0 Å². The van der Waals surface area contributed by atoms with Gasteiger partial charge >= 0.3 is 0 Å². The van der Waals surface area contributed by atoms with E-state index < -0.39 is 0 Å². The van der Waals surface area contributed by atoms with Crippen molar-refractivity contribution in [1.82, 2.24) is 10.2 Å². The fourth-order valence-corrected chi connectivity index (χ4v) is 2.77. The lowest BCUT2D eigenvalue weighted by Crippen LogP contribution is -2.45. The van der Waals surface area contributed by atoms with Crippen LogP contribution < -0.4 is 5.32 Å². The van der Waals surface area contributed by atoms with Crippen LogP contribution in [-0.2, 0) is 0 Å². The molecule has 0 aliphatic carbocycles. The van der Waals surface area contributed by atoms with E-state index in [4.69, 9.17) is 0 Å². The zero-order valence-corrected chi connectivity index (χ0v) is 13.0. The van der Waals surface area contributed by atoms with Crippen LogP contribution in [0, 0.1) is 5.92 Å². The Balaban J connectivity index is 2.21. The molecule has 0 radical (unpaired) electrons. The number of allylic oxidation sites excluding steroid dienone is 1. The summed E-state index contributed by atoms with van der Waals surface area (Å²) < 4.78 is 0. The van der Waals surface area contributed by atoms with Crippen LogP contribution in [0.5, 0.6) is 0 Å². The number of piperidine rings is 1. The molecule has 0 bridgehead atoms. The predicted octanol–water partition coefficient (Wildman–Crippen LogP) is 3.44. The highest BCUT2D eigenvalue weighted by Crippen LogP contribution is 2.13. The molecule has 1 N–H and O–H groups in total. The number of nitrogens with zero attached hydrogens (tertiary/aromatic N) is 1. The normalized spacial score (nSPS) is 20.1. The van der Waals surface area contributed by atoms with Crippen molar-refractivity contribution < 1.29 is 0 Å². The summed E-state index contributed by atoms with van der Waals surface area (Å²) in [5, 5.41) is 3.79. The molecule has 2 heteroatoms. The van der Waals surface area contributed by atoms with Crippen LogP contribution in [0.25, 0.3) is 0 Å². The van der Waals surface area contributed by atoms with Crippen LogP contribution in [0.4, 0.5) is 0 Å². The van der Waals surface area contributed by atoms with E-state index in [9.17, 15) is 0 Å². The highest BCUT2D eigenvalue weighted by Gasteiger charge is 2.19. The summed E-state index contributed by atoms with van der Waals surface area (Å²) in [6.45, 7) is 14.9. The molecule has 1 heterocycles. The van der Waals surface area contributed by atoms with E-state index in [1.807, 2.05) is 0 Å². The standard InChI is InChI=1S/C16H32N2/c1-13(2)6-9-18-10-7-16(8-11-18)17-15(5)12-14(3)4/h6,14-17H,7-12H2,1-5H3. The molecule has 1 aliphatic rings. The van der Waals surface area contributed by atoms with Crippen molar-refractivity contribution in [3.63, 3.8) is 0 Å². The Morgan fingerprint density at radius 1 is 1.22 bits per heavy atom. The van der Waals surface area contributed by atoms with Crippen molar-refractivity contribution in [2.75, 3.05) is 19.6 Å². The van der Waals surface area contributed by atoms with E-state index in [1.54, 1.807) is 0 Å². The van der Waals surface area contributed by atoms with Crippen LogP contribution in [-0.4, -0.2) is 36.6 Å². The van der Waals surface area contributed by atoms with Crippen molar-refractivity contribution >= 4 is 0 Å². The number of hydrogen-bond acceptors (Lipinski definition) is 2. The second-order valence-electron chi connectivity index (χ2n) is 6.55. The predicted molar refractivity (Wildman–Crippen MR) is 80.9 cm³/mol. The summed E-state index contributed by atoms with van der Waals surface area (Å²) in [5.41, 5.74) is 1.43. The second kappa shape index (κ2) is 7.96. The topological polar surface area (TPSA) is 15.3 Å². The molecule has 2 nitrogen and oxygen atoms in total. The second-order valence-corrected chi connectivity index (χ2v) is 6.55. The van der Waals surface area contributed by atoms with Crippen molar-refractivity contribution in [2.24, 2.45) is 5.92 Å². The third-order valence-electron chi connectivity index (χ3n) is 3.69. The van der Waals surface area contributed by atoms with E-state index in [1.165, 1.54) is 37.9 Å². The van der Waals surface area contributed by atoms with Gasteiger partial charge in [-0.15, -0.1) is 0 Å². The van der Waals surface area contributed by atoms with Gasteiger partial charge in [0, 0.05) is 18.6 Å². The van der Waals surface area contributed by atoms with E-state index in [0.717, 1.165) is 18.5 Å². The third kappa shape index (κ3) is 6.55. The van der Waals surface area contributed by atoms with Gasteiger partial charge in [0.1, 0.15) is 0 Å². The fourth-order valence-electron chi connectivity index (χ4n) is 2.77. The lowest BCUT2D eigenvalue weighted by Gasteiger charge is -2.33. The maximum Gasteiger partial charge on any atom is 0.0165 e. The van der Waals surface area contributed by atoms with Gasteiger partial charge in [-0.25, -0.2) is 0 Å². The fraction of sp³-hybridized carbons (Fsp3) is 0.875. The van der Waals surface area contributed by atoms with Crippen LogP contribution in [0.2, 0.25) is 0 Å². The lowest BCUT2D eigenvalue weighted by molar-refractivity contribution is 0.204. The number of rotatable bonds is 6. The summed E-state index contributed by atoms with van der Waals surface area (Å²) in [7, 11) is 0. The van der Waals surface area contributed by atoms with Crippen molar-refractivity contribution in [3.05, 3.63) is 11.6 Å². The Bertz CT molecular complexity index is 246. The van der Waals surface area contributed by atoms with Crippen LogP contribution in [0.1, 0.15) is 53.9 Å². The van der Waals surface area contributed by atoms with Crippen molar-refractivity contribution in [1.29, 1.82) is 0 Å². The Labute approximate surface area is 114 Å². The molecular formula is C16H32N2. The smallest absolute Gasteiger partial charge is 0.0165 e. The molecule has 106 valence electrons. The summed E-state index contributed by atoms with van der Waals surface area (Å²) in [6, 6.07) is 1.40. The van der Waals surface area contributed by atoms with Gasteiger partial charge in [-0.2, -0.15) is 0 Å². The van der Waals surface area contributed by atoms with E-state index in [-0.39, 0.29) is 0 Å². The van der Waals surface area contributed by atoms with Crippen LogP contribution in [0.15, 0.2) is 11.6 Å². The minimum Gasteiger partial charge on any atom is -0.311 e. The number of nitrogens with one attached hydrogen (secondary N) is 1. The zero-order valence-electron chi connectivity index (χ0n) is 13.0. The Kier molecular flexibility index (Phi) is 6.95. The molecule has 18 heavy (non-hydrogen) atoms. The van der Waals surface area contributed by atoms with Gasteiger partial charge in [0.2, 0.25) is 0 Å². The maximum absolute atomic E-state index is 3.79. The maximum atomic E-state index is 3.79. The van der Waals surface area contributed by atoms with E-state index in [2.05, 4.69) is 50.9 Å². The van der Waals surface area contributed by atoms with Gasteiger partial charge < -0.3 is 5.32 Å². The molecule has 0 spiro atoms. The molecule has 0 aromatic heterocycles. The van der Waals surface area contributed by atoms with Gasteiger partial charge in [-0.1, -0.05) is 25.5 Å². The first-order valence-corrected chi connectivity index (χ1v) is 7.59. The molecule has 1 rings (SSSR count). The largest absolute Gasteiger partial charge is 0.311 e. The Morgan fingerprint density at radius 2 is 1.83 bits per heavy atom.